The molecule has 206 valence electrons. The fourth-order valence-electron chi connectivity index (χ4n) is 3.35. The van der Waals surface area contributed by atoms with Crippen molar-refractivity contribution in [3.05, 3.63) is 89.0 Å². The molecule has 0 bridgehead atoms. The van der Waals surface area contributed by atoms with E-state index in [0.29, 0.717) is 11.1 Å². The van der Waals surface area contributed by atoms with Crippen molar-refractivity contribution in [1.82, 2.24) is 10.9 Å². The van der Waals surface area contributed by atoms with E-state index in [2.05, 4.69) is 21.1 Å². The van der Waals surface area contributed by atoms with Crippen molar-refractivity contribution < 1.29 is 9.59 Å². The van der Waals surface area contributed by atoms with Gasteiger partial charge >= 0.3 is 0 Å². The van der Waals surface area contributed by atoms with Gasteiger partial charge in [0.25, 0.3) is 11.8 Å². The summed E-state index contributed by atoms with van der Waals surface area (Å²) in [5.41, 5.74) is 10.6. The molecule has 0 aromatic heterocycles. The molecular formula is C30H39N7O2. The molecule has 0 radical (unpaired) electrons. The number of carbonyl (C=O) groups is 2. The molecule has 0 saturated heterocycles. The van der Waals surface area contributed by atoms with E-state index < -0.39 is 0 Å². The second-order valence-corrected chi connectivity index (χ2v) is 9.03. The van der Waals surface area contributed by atoms with E-state index in [9.17, 15) is 9.59 Å². The minimum absolute atomic E-state index is 0.298. The summed E-state index contributed by atoms with van der Waals surface area (Å²) >= 11 is 0. The molecule has 3 aromatic rings. The van der Waals surface area contributed by atoms with Gasteiger partial charge in [-0.1, -0.05) is 13.8 Å². The van der Waals surface area contributed by atoms with E-state index in [1.165, 1.54) is 0 Å². The molecule has 0 atom stereocenters. The topological polar surface area (TPSA) is 92.6 Å². The molecule has 0 heterocycles. The zero-order valence-corrected chi connectivity index (χ0v) is 24.1. The van der Waals surface area contributed by atoms with Gasteiger partial charge in [-0.25, -0.2) is 10.9 Å². The van der Waals surface area contributed by atoms with Crippen LogP contribution in [-0.2, 0) is 0 Å². The molecule has 9 nitrogen and oxygen atoms in total. The largest absolute Gasteiger partial charge is 0.378 e. The fraction of sp³-hybridized carbons (Fsp3) is 0.267. The Kier molecular flexibility index (Phi) is 11.7. The van der Waals surface area contributed by atoms with E-state index in [-0.39, 0.29) is 11.8 Å². The van der Waals surface area contributed by atoms with Crippen LogP contribution in [0.3, 0.4) is 0 Å². The number of nitrogens with zero attached hydrogens (tertiary/aromatic N) is 5. The lowest BCUT2D eigenvalue weighted by molar-refractivity contribution is 0.0947. The van der Waals surface area contributed by atoms with Crippen molar-refractivity contribution in [2.75, 3.05) is 57.0 Å². The quantitative estimate of drug-likeness (QED) is 0.316. The van der Waals surface area contributed by atoms with Crippen molar-refractivity contribution in [1.29, 1.82) is 0 Å². The number of hydrogen-bond donors (Lipinski definition) is 2. The van der Waals surface area contributed by atoms with E-state index in [0.717, 1.165) is 28.2 Å². The Morgan fingerprint density at radius 2 is 0.897 bits per heavy atom. The molecule has 0 aliphatic carbocycles. The third-order valence-electron chi connectivity index (χ3n) is 5.53. The van der Waals surface area contributed by atoms with Crippen LogP contribution in [0.2, 0.25) is 0 Å². The van der Waals surface area contributed by atoms with Crippen molar-refractivity contribution in [3.63, 3.8) is 0 Å². The van der Waals surface area contributed by atoms with Gasteiger partial charge in [-0.3, -0.25) is 9.59 Å². The first-order chi connectivity index (χ1) is 18.6. The third kappa shape index (κ3) is 9.30. The van der Waals surface area contributed by atoms with E-state index >= 15 is 0 Å². The van der Waals surface area contributed by atoms with Gasteiger partial charge in [0.2, 0.25) is 0 Å². The molecule has 0 fully saturated rings. The number of benzene rings is 3. The van der Waals surface area contributed by atoms with Crippen molar-refractivity contribution in [3.8, 4) is 0 Å². The van der Waals surface area contributed by atoms with E-state index in [1.807, 2.05) is 113 Å². The summed E-state index contributed by atoms with van der Waals surface area (Å²) in [5, 5.41) is 8.23. The monoisotopic (exact) mass is 529 g/mol. The van der Waals surface area contributed by atoms with Crippen molar-refractivity contribution in [2.45, 2.75) is 13.8 Å². The summed E-state index contributed by atoms with van der Waals surface area (Å²) in [6.07, 6.45) is 3.14. The number of nitrogens with one attached hydrogen (secondary N) is 2. The molecule has 2 amide bonds. The molecule has 0 aliphatic heterocycles. The minimum atomic E-state index is -0.298. The summed E-state index contributed by atoms with van der Waals surface area (Å²) in [6, 6.07) is 20.3. The lowest BCUT2D eigenvalue weighted by Crippen LogP contribution is -2.18. The Labute approximate surface area is 231 Å². The van der Waals surface area contributed by atoms with Crippen LogP contribution in [0.15, 0.2) is 76.9 Å². The Balaban J connectivity index is 0.00000260. The maximum atomic E-state index is 12.4. The molecule has 0 aliphatic rings. The van der Waals surface area contributed by atoms with Crippen LogP contribution in [-0.4, -0.2) is 66.5 Å². The highest BCUT2D eigenvalue weighted by Crippen LogP contribution is 2.16. The molecule has 2 N–H and O–H groups in total. The summed E-state index contributed by atoms with van der Waals surface area (Å²) in [5.74, 6) is -0.595. The van der Waals surface area contributed by atoms with Gasteiger partial charge in [0.05, 0.1) is 12.4 Å². The normalized spacial score (nSPS) is 10.6. The Bertz CT molecular complexity index is 1190. The number of hydrogen-bond acceptors (Lipinski definition) is 7. The van der Waals surface area contributed by atoms with Gasteiger partial charge in [-0.05, 0) is 77.9 Å². The van der Waals surface area contributed by atoms with Crippen molar-refractivity contribution in [2.24, 2.45) is 10.2 Å². The van der Waals surface area contributed by atoms with Crippen LogP contribution in [0.5, 0.6) is 0 Å². The summed E-state index contributed by atoms with van der Waals surface area (Å²) < 4.78 is 0. The Morgan fingerprint density at radius 1 is 0.564 bits per heavy atom. The maximum Gasteiger partial charge on any atom is 0.271 e. The molecule has 3 rings (SSSR count). The van der Waals surface area contributed by atoms with Crippen LogP contribution in [0.1, 0.15) is 45.7 Å². The average molecular weight is 530 g/mol. The highest BCUT2D eigenvalue weighted by atomic mass is 16.2. The molecule has 3 aromatic carbocycles. The zero-order chi connectivity index (χ0) is 28.9. The Hall–Kier alpha value is -4.66. The lowest BCUT2D eigenvalue weighted by atomic mass is 10.1. The predicted octanol–water partition coefficient (Wildman–Crippen LogP) is 4.44. The molecule has 0 spiro atoms. The first-order valence-electron chi connectivity index (χ1n) is 12.7. The smallest absolute Gasteiger partial charge is 0.271 e. The lowest BCUT2D eigenvalue weighted by Gasteiger charge is -2.14. The molecule has 0 saturated carbocycles. The van der Waals surface area contributed by atoms with Gasteiger partial charge in [0.1, 0.15) is 0 Å². The van der Waals surface area contributed by atoms with E-state index in [1.54, 1.807) is 36.7 Å². The number of hydrazone groups is 2. The number of rotatable bonds is 9. The van der Waals surface area contributed by atoms with Crippen molar-refractivity contribution >= 4 is 41.3 Å². The van der Waals surface area contributed by atoms with Crippen LogP contribution >= 0.6 is 0 Å². The van der Waals surface area contributed by atoms with Crippen LogP contribution in [0.4, 0.5) is 17.1 Å². The highest BCUT2D eigenvalue weighted by molar-refractivity contribution is 5.96. The van der Waals surface area contributed by atoms with Crippen LogP contribution < -0.4 is 25.6 Å². The van der Waals surface area contributed by atoms with Gasteiger partial charge in [0.15, 0.2) is 0 Å². The fourth-order valence-corrected chi connectivity index (χ4v) is 3.35. The summed E-state index contributed by atoms with van der Waals surface area (Å²) in [6.45, 7) is 4.00. The minimum Gasteiger partial charge on any atom is -0.378 e. The van der Waals surface area contributed by atoms with Crippen LogP contribution in [0, 0.1) is 0 Å². The maximum absolute atomic E-state index is 12.4. The molecule has 0 unspecified atom stereocenters. The third-order valence-corrected chi connectivity index (χ3v) is 5.53. The van der Waals surface area contributed by atoms with Gasteiger partial charge in [-0.15, -0.1) is 0 Å². The first-order valence-corrected chi connectivity index (χ1v) is 12.7. The second-order valence-electron chi connectivity index (χ2n) is 9.03. The standard InChI is InChI=1S/C28H33N7O2.C2H6/c1-33(2)24-11-7-22(8-12-24)27(36)31-29-18-20-15-21(17-26(16-20)35(5)6)19-30-32-28(37)23-9-13-25(14-10-23)34(3)4;1-2/h7-19H,1-6H3,(H,31,36)(H,32,37);1-2H3/b29-18+,30-19+;. The zero-order valence-electron chi connectivity index (χ0n) is 24.1. The number of carbonyl (C=O) groups excluding carboxylic acids is 2. The molecule has 39 heavy (non-hydrogen) atoms. The Morgan fingerprint density at radius 3 is 1.21 bits per heavy atom. The van der Waals surface area contributed by atoms with Gasteiger partial charge < -0.3 is 14.7 Å². The highest BCUT2D eigenvalue weighted by Gasteiger charge is 2.07. The average Bonchev–Trinajstić information content (AvgIpc) is 2.94. The van der Waals surface area contributed by atoms with Crippen LogP contribution in [0.25, 0.3) is 0 Å². The predicted molar refractivity (Wildman–Crippen MR) is 164 cm³/mol. The number of amides is 2. The summed E-state index contributed by atoms with van der Waals surface area (Å²) in [4.78, 5) is 30.7. The van der Waals surface area contributed by atoms with Gasteiger partial charge in [0, 0.05) is 70.5 Å². The second kappa shape index (κ2) is 14.9. The summed E-state index contributed by atoms with van der Waals surface area (Å²) in [7, 11) is 11.6. The van der Waals surface area contributed by atoms with Gasteiger partial charge in [-0.2, -0.15) is 10.2 Å². The molecule has 9 heteroatoms. The molecular weight excluding hydrogens is 490 g/mol. The first kappa shape index (κ1) is 30.6. The van der Waals surface area contributed by atoms with E-state index in [4.69, 9.17) is 0 Å². The number of anilines is 3. The SMILES string of the molecule is CC.CN(C)c1ccc(C(=O)N/N=C/c2cc(/C=N/NC(=O)c3ccc(N(C)C)cc3)cc(N(C)C)c2)cc1.